The Bertz CT molecular complexity index is 1010. The van der Waals surface area contributed by atoms with Gasteiger partial charge in [-0.1, -0.05) is 18.2 Å². The molecule has 3 rings (SSSR count). The second-order valence-corrected chi connectivity index (χ2v) is 9.86. The summed E-state index contributed by atoms with van der Waals surface area (Å²) in [7, 11) is -0.554. The number of nitrogens with zero attached hydrogens (tertiary/aromatic N) is 2. The van der Waals surface area contributed by atoms with Crippen LogP contribution in [-0.4, -0.2) is 64.0 Å². The van der Waals surface area contributed by atoms with Gasteiger partial charge in [0, 0.05) is 45.1 Å². The fourth-order valence-corrected chi connectivity index (χ4v) is 5.62. The van der Waals surface area contributed by atoms with Crippen LogP contribution in [0.25, 0.3) is 0 Å². The molecular weight excluding hydrogens is 436 g/mol. The van der Waals surface area contributed by atoms with Crippen molar-refractivity contribution in [3.05, 3.63) is 54.8 Å². The highest BCUT2D eigenvalue weighted by atomic mass is 32.2. The number of anilines is 2. The molecule has 0 spiro atoms. The second-order valence-electron chi connectivity index (χ2n) is 7.05. The Kier molecular flexibility index (Phi) is 8.01. The number of sulfonamides is 1. The summed E-state index contributed by atoms with van der Waals surface area (Å²) in [6.07, 6.45) is 5.30. The summed E-state index contributed by atoms with van der Waals surface area (Å²) in [6, 6.07) is 12.9. The highest BCUT2D eigenvalue weighted by Gasteiger charge is 2.37. The van der Waals surface area contributed by atoms with Crippen molar-refractivity contribution >= 4 is 33.2 Å². The molecule has 0 saturated heterocycles. The number of fused-ring (bicyclic) bond motifs is 1. The number of methoxy groups -OCH3 is 1. The Labute approximate surface area is 188 Å². The summed E-state index contributed by atoms with van der Waals surface area (Å²) in [5, 5.41) is 8.99. The van der Waals surface area contributed by atoms with Crippen molar-refractivity contribution in [2.45, 2.75) is 22.3 Å². The van der Waals surface area contributed by atoms with E-state index in [0.717, 1.165) is 10.6 Å². The zero-order valence-electron chi connectivity index (χ0n) is 17.9. The number of hydrogen-bond donors (Lipinski definition) is 1. The third-order valence-electron chi connectivity index (χ3n) is 5.22. The highest BCUT2D eigenvalue weighted by Crippen LogP contribution is 2.43. The van der Waals surface area contributed by atoms with E-state index in [1.807, 2.05) is 47.6 Å². The van der Waals surface area contributed by atoms with Crippen molar-refractivity contribution in [3.63, 3.8) is 0 Å². The Morgan fingerprint density at radius 3 is 2.65 bits per heavy atom. The van der Waals surface area contributed by atoms with E-state index in [4.69, 9.17) is 14.6 Å². The van der Waals surface area contributed by atoms with E-state index in [2.05, 4.69) is 0 Å². The van der Waals surface area contributed by atoms with Crippen LogP contribution in [0.3, 0.4) is 0 Å². The summed E-state index contributed by atoms with van der Waals surface area (Å²) in [6.45, 7) is 0.790. The van der Waals surface area contributed by atoms with Crippen LogP contribution in [0, 0.1) is 0 Å². The normalized spacial score (nSPS) is 18.7. The monoisotopic (exact) mass is 464 g/mol. The average molecular weight is 465 g/mol. The van der Waals surface area contributed by atoms with E-state index >= 15 is 0 Å². The minimum Gasteiger partial charge on any atom is -0.464 e. The molecule has 0 amide bonds. The lowest BCUT2D eigenvalue weighted by molar-refractivity contribution is 0.173. The number of para-hydroxylation sites is 1. The van der Waals surface area contributed by atoms with Crippen molar-refractivity contribution in [1.29, 1.82) is 0 Å². The predicted molar refractivity (Wildman–Crippen MR) is 124 cm³/mol. The number of ether oxygens (including phenoxy) is 2. The van der Waals surface area contributed by atoms with Crippen LogP contribution in [0.2, 0.25) is 0 Å². The quantitative estimate of drug-likeness (QED) is 0.473. The number of benzene rings is 2. The fourth-order valence-electron chi connectivity index (χ4n) is 3.52. The molecule has 7 nitrogen and oxygen atoms in total. The van der Waals surface area contributed by atoms with Crippen LogP contribution < -0.4 is 9.64 Å². The smallest absolute Gasteiger partial charge is 0.245 e. The molecular formula is C22H28N2O5S2. The summed E-state index contributed by atoms with van der Waals surface area (Å²) >= 11 is 1.47. The standard InChI is InChI=1S/C22H28N2O5S2/c1-23-18(10-13-28-2)16-24(17-8-5-4-6-9-17)19-14-21(30-3)20(29-12-7-11-25)15-22(19)31(23,26)27/h4-9,12,14-15,18,25H,10-11,13,16H2,1-3H3/b12-7+. The van der Waals surface area contributed by atoms with Crippen LogP contribution in [0.5, 0.6) is 5.75 Å². The molecule has 0 fully saturated rings. The first kappa shape index (κ1) is 23.6. The average Bonchev–Trinajstić information content (AvgIpc) is 2.86. The van der Waals surface area contributed by atoms with Crippen molar-refractivity contribution in [2.24, 2.45) is 0 Å². The summed E-state index contributed by atoms with van der Waals surface area (Å²) in [4.78, 5) is 3.03. The van der Waals surface area contributed by atoms with Crippen LogP contribution in [-0.2, 0) is 14.8 Å². The summed E-state index contributed by atoms with van der Waals surface area (Å²) < 4.78 is 39.5. The first-order chi connectivity index (χ1) is 14.9. The minimum absolute atomic E-state index is 0.163. The summed E-state index contributed by atoms with van der Waals surface area (Å²) in [5.74, 6) is 0.427. The topological polar surface area (TPSA) is 79.3 Å². The molecule has 1 heterocycles. The minimum atomic E-state index is -3.78. The molecule has 9 heteroatoms. The zero-order chi connectivity index (χ0) is 22.4. The summed E-state index contributed by atoms with van der Waals surface area (Å²) in [5.41, 5.74) is 1.53. The van der Waals surface area contributed by atoms with Crippen molar-refractivity contribution in [1.82, 2.24) is 4.31 Å². The molecule has 0 bridgehead atoms. The highest BCUT2D eigenvalue weighted by molar-refractivity contribution is 7.98. The molecule has 31 heavy (non-hydrogen) atoms. The number of likely N-dealkylation sites (N-methyl/N-ethyl adjacent to an activating group) is 1. The van der Waals surface area contributed by atoms with Crippen molar-refractivity contribution in [3.8, 4) is 5.75 Å². The molecule has 1 N–H and O–H groups in total. The van der Waals surface area contributed by atoms with Crippen LogP contribution >= 0.6 is 11.8 Å². The zero-order valence-corrected chi connectivity index (χ0v) is 19.5. The van der Waals surface area contributed by atoms with Gasteiger partial charge in [-0.3, -0.25) is 0 Å². The first-order valence-electron chi connectivity index (χ1n) is 9.88. The van der Waals surface area contributed by atoms with Gasteiger partial charge in [0.1, 0.15) is 10.6 Å². The van der Waals surface area contributed by atoms with Gasteiger partial charge in [-0.2, -0.15) is 4.31 Å². The van der Waals surface area contributed by atoms with Gasteiger partial charge in [0.05, 0.1) is 23.5 Å². The molecule has 168 valence electrons. The third kappa shape index (κ3) is 5.07. The molecule has 1 aliphatic rings. The van der Waals surface area contributed by atoms with Crippen LogP contribution in [0.15, 0.2) is 64.6 Å². The Morgan fingerprint density at radius 1 is 1.26 bits per heavy atom. The predicted octanol–water partition coefficient (Wildman–Crippen LogP) is 3.47. The van der Waals surface area contributed by atoms with Crippen LogP contribution in [0.1, 0.15) is 6.42 Å². The lowest BCUT2D eigenvalue weighted by Gasteiger charge is -2.29. The van der Waals surface area contributed by atoms with E-state index < -0.39 is 10.0 Å². The number of hydrogen-bond acceptors (Lipinski definition) is 7. The SMILES string of the molecule is COCCC1CN(c2ccccc2)c2cc(SC)c(O/C=C/CO)cc2S(=O)(=O)N1C. The van der Waals surface area contributed by atoms with Crippen LogP contribution in [0.4, 0.5) is 11.4 Å². The lowest BCUT2D eigenvalue weighted by Crippen LogP contribution is -2.41. The van der Waals surface area contributed by atoms with Gasteiger partial charge in [-0.25, -0.2) is 8.42 Å². The maximum atomic E-state index is 13.6. The number of rotatable bonds is 8. The first-order valence-corrected chi connectivity index (χ1v) is 12.5. The van der Waals surface area contributed by atoms with E-state index in [0.29, 0.717) is 31.0 Å². The van der Waals surface area contributed by atoms with E-state index in [1.165, 1.54) is 28.4 Å². The lowest BCUT2D eigenvalue weighted by atomic mass is 10.1. The fraction of sp³-hybridized carbons (Fsp3) is 0.364. The molecule has 2 aromatic carbocycles. The van der Waals surface area contributed by atoms with Gasteiger partial charge in [0.25, 0.3) is 0 Å². The van der Waals surface area contributed by atoms with E-state index in [1.54, 1.807) is 20.2 Å². The number of aliphatic hydroxyl groups excluding tert-OH is 1. The van der Waals surface area contributed by atoms with E-state index in [-0.39, 0.29) is 17.5 Å². The number of aliphatic hydroxyl groups is 1. The molecule has 1 unspecified atom stereocenters. The van der Waals surface area contributed by atoms with Crippen molar-refractivity contribution < 1.29 is 23.0 Å². The molecule has 0 aromatic heterocycles. The molecule has 0 aliphatic carbocycles. The third-order valence-corrected chi connectivity index (χ3v) is 7.92. The maximum absolute atomic E-state index is 13.6. The van der Waals surface area contributed by atoms with Gasteiger partial charge in [0.15, 0.2) is 0 Å². The van der Waals surface area contributed by atoms with Crippen molar-refractivity contribution in [2.75, 3.05) is 45.1 Å². The number of thioether (sulfide) groups is 1. The van der Waals surface area contributed by atoms with Gasteiger partial charge < -0.3 is 19.5 Å². The molecule has 2 aromatic rings. The molecule has 1 atom stereocenters. The molecule has 1 aliphatic heterocycles. The van der Waals surface area contributed by atoms with Gasteiger partial charge in [-0.05, 0) is 37.0 Å². The maximum Gasteiger partial charge on any atom is 0.245 e. The Balaban J connectivity index is 2.21. The Hall–Kier alpha value is -2.04. The largest absolute Gasteiger partial charge is 0.464 e. The second kappa shape index (κ2) is 10.5. The van der Waals surface area contributed by atoms with Gasteiger partial charge >= 0.3 is 0 Å². The van der Waals surface area contributed by atoms with Gasteiger partial charge in [0.2, 0.25) is 10.0 Å². The van der Waals surface area contributed by atoms with E-state index in [9.17, 15) is 8.42 Å². The molecule has 0 saturated carbocycles. The Morgan fingerprint density at radius 2 is 2.00 bits per heavy atom. The van der Waals surface area contributed by atoms with Gasteiger partial charge in [-0.15, -0.1) is 11.8 Å². The molecule has 0 radical (unpaired) electrons.